The van der Waals surface area contributed by atoms with E-state index in [1.807, 2.05) is 73.8 Å². The van der Waals surface area contributed by atoms with Gasteiger partial charge in [-0.05, 0) is 65.4 Å². The second-order valence-corrected chi connectivity index (χ2v) is 9.09. The Bertz CT molecular complexity index is 1300. The molecule has 5 nitrogen and oxygen atoms in total. The molecule has 0 aliphatic heterocycles. The first-order valence-electron chi connectivity index (χ1n) is 10.8. The molecule has 0 bridgehead atoms. The van der Waals surface area contributed by atoms with Gasteiger partial charge < -0.3 is 15.4 Å². The maximum Gasteiger partial charge on any atom is 0.303 e. The Morgan fingerprint density at radius 3 is 2.58 bits per heavy atom. The summed E-state index contributed by atoms with van der Waals surface area (Å²) >= 11 is 3.52. The Labute approximate surface area is 201 Å². The van der Waals surface area contributed by atoms with Crippen LogP contribution in [0.2, 0.25) is 0 Å². The van der Waals surface area contributed by atoms with E-state index in [4.69, 9.17) is 5.11 Å². The number of carbonyl (C=O) groups excluding carboxylic acids is 1. The summed E-state index contributed by atoms with van der Waals surface area (Å²) < 4.78 is 1.00. The molecule has 0 saturated carbocycles. The van der Waals surface area contributed by atoms with Crippen LogP contribution < -0.4 is 5.32 Å². The molecular formula is C27H25BrN2O3. The number of nitrogens with one attached hydrogen (secondary N) is 2. The summed E-state index contributed by atoms with van der Waals surface area (Å²) in [7, 11) is 0. The van der Waals surface area contributed by atoms with E-state index < -0.39 is 5.97 Å². The lowest BCUT2D eigenvalue weighted by atomic mass is 9.94. The van der Waals surface area contributed by atoms with E-state index in [1.165, 1.54) is 0 Å². The van der Waals surface area contributed by atoms with Crippen molar-refractivity contribution in [3.8, 4) is 0 Å². The molecule has 0 spiro atoms. The number of rotatable bonds is 8. The smallest absolute Gasteiger partial charge is 0.303 e. The summed E-state index contributed by atoms with van der Waals surface area (Å²) in [5.41, 5.74) is 5.93. The summed E-state index contributed by atoms with van der Waals surface area (Å²) in [4.78, 5) is 27.3. The van der Waals surface area contributed by atoms with Crippen LogP contribution in [0.15, 0.2) is 77.4 Å². The summed E-state index contributed by atoms with van der Waals surface area (Å²) in [5, 5.41) is 13.2. The molecule has 3 aromatic carbocycles. The lowest BCUT2D eigenvalue weighted by Crippen LogP contribution is -2.31. The van der Waals surface area contributed by atoms with Crippen LogP contribution in [0.5, 0.6) is 0 Å². The predicted octanol–water partition coefficient (Wildman–Crippen LogP) is 5.70. The van der Waals surface area contributed by atoms with Crippen LogP contribution in [-0.2, 0) is 22.4 Å². The van der Waals surface area contributed by atoms with Gasteiger partial charge in [0.05, 0.1) is 12.5 Å². The van der Waals surface area contributed by atoms with Gasteiger partial charge in [0.2, 0.25) is 5.91 Å². The molecule has 0 radical (unpaired) electrons. The van der Waals surface area contributed by atoms with Crippen molar-refractivity contribution < 1.29 is 14.7 Å². The number of aromatic amines is 1. The maximum atomic E-state index is 13.1. The highest BCUT2D eigenvalue weighted by atomic mass is 79.9. The number of aliphatic carboxylic acids is 1. The van der Waals surface area contributed by atoms with Gasteiger partial charge in [-0.2, -0.15) is 0 Å². The quantitative estimate of drug-likeness (QED) is 0.287. The summed E-state index contributed by atoms with van der Waals surface area (Å²) in [6.07, 6.45) is 2.60. The second-order valence-electron chi connectivity index (χ2n) is 8.18. The summed E-state index contributed by atoms with van der Waals surface area (Å²) in [6.45, 7) is 2.04. The zero-order valence-electron chi connectivity index (χ0n) is 18.3. The number of halogens is 1. The van der Waals surface area contributed by atoms with Gasteiger partial charge in [-0.1, -0.05) is 58.4 Å². The fourth-order valence-electron chi connectivity index (χ4n) is 4.13. The molecule has 33 heavy (non-hydrogen) atoms. The Morgan fingerprint density at radius 1 is 1.06 bits per heavy atom. The minimum absolute atomic E-state index is 0.0724. The number of carboxylic acid groups (broad SMARTS) is 1. The Morgan fingerprint density at radius 2 is 1.85 bits per heavy atom. The normalized spacial score (nSPS) is 11.9. The van der Waals surface area contributed by atoms with Gasteiger partial charge in [0.25, 0.3) is 0 Å². The van der Waals surface area contributed by atoms with Crippen molar-refractivity contribution in [2.45, 2.75) is 32.2 Å². The number of fused-ring (bicyclic) bond motifs is 1. The number of hydrogen-bond acceptors (Lipinski definition) is 2. The molecule has 0 saturated heterocycles. The van der Waals surface area contributed by atoms with Gasteiger partial charge in [0, 0.05) is 28.0 Å². The molecule has 0 aliphatic rings. The number of aryl methyl sites for hydroxylation is 2. The number of H-pyrrole nitrogens is 1. The van der Waals surface area contributed by atoms with Crippen LogP contribution in [0.3, 0.4) is 0 Å². The first-order valence-corrected chi connectivity index (χ1v) is 11.6. The number of hydrogen-bond donors (Lipinski definition) is 3. The lowest BCUT2D eigenvalue weighted by molar-refractivity contribution is -0.137. The molecule has 3 N–H and O–H groups in total. The number of aromatic nitrogens is 1. The van der Waals surface area contributed by atoms with Crippen LogP contribution in [0.4, 0.5) is 0 Å². The van der Waals surface area contributed by atoms with E-state index in [0.717, 1.165) is 43.2 Å². The van der Waals surface area contributed by atoms with Gasteiger partial charge in [0.15, 0.2) is 0 Å². The standard InChI is InChI=1S/C27H25BrN2O3/c1-17-13-21(28)9-10-22(17)27(19-5-3-2-4-6-19)30-25(31)15-18-7-11-24-23(14-18)20(16-29-24)8-12-26(32)33/h2-7,9-11,13-14,16,27,29H,8,12,15H2,1H3,(H,30,31)(H,32,33). The Kier molecular flexibility index (Phi) is 6.94. The zero-order chi connectivity index (χ0) is 23.4. The van der Waals surface area contributed by atoms with Crippen molar-refractivity contribution in [1.82, 2.24) is 10.3 Å². The van der Waals surface area contributed by atoms with E-state index in [2.05, 4.69) is 32.3 Å². The van der Waals surface area contributed by atoms with E-state index in [0.29, 0.717) is 6.42 Å². The third kappa shape index (κ3) is 5.52. The molecule has 4 rings (SSSR count). The molecule has 1 aromatic heterocycles. The SMILES string of the molecule is Cc1cc(Br)ccc1C(NC(=O)Cc1ccc2[nH]cc(CCC(=O)O)c2c1)c1ccccc1. The molecule has 0 fully saturated rings. The predicted molar refractivity (Wildman–Crippen MR) is 133 cm³/mol. The van der Waals surface area contributed by atoms with E-state index >= 15 is 0 Å². The molecule has 4 aromatic rings. The molecule has 1 unspecified atom stereocenters. The maximum absolute atomic E-state index is 13.1. The average molecular weight is 505 g/mol. The van der Waals surface area contributed by atoms with Crippen LogP contribution in [-0.4, -0.2) is 22.0 Å². The highest BCUT2D eigenvalue weighted by Gasteiger charge is 2.19. The van der Waals surface area contributed by atoms with Crippen LogP contribution >= 0.6 is 15.9 Å². The zero-order valence-corrected chi connectivity index (χ0v) is 19.9. The van der Waals surface area contributed by atoms with Gasteiger partial charge in [-0.25, -0.2) is 0 Å². The summed E-state index contributed by atoms with van der Waals surface area (Å²) in [6, 6.07) is 21.6. The minimum Gasteiger partial charge on any atom is -0.481 e. The summed E-state index contributed by atoms with van der Waals surface area (Å²) in [5.74, 6) is -0.900. The Hall–Kier alpha value is -3.38. The molecule has 168 valence electrons. The van der Waals surface area contributed by atoms with Crippen LogP contribution in [0.25, 0.3) is 10.9 Å². The minimum atomic E-state index is -0.824. The fraction of sp³-hybridized carbons (Fsp3) is 0.185. The monoisotopic (exact) mass is 504 g/mol. The first-order chi connectivity index (χ1) is 15.9. The first kappa shape index (κ1) is 22.8. The molecule has 6 heteroatoms. The van der Waals surface area contributed by atoms with Gasteiger partial charge >= 0.3 is 5.97 Å². The van der Waals surface area contributed by atoms with Gasteiger partial charge in [0.1, 0.15) is 0 Å². The van der Waals surface area contributed by atoms with Gasteiger partial charge in [-0.3, -0.25) is 9.59 Å². The highest BCUT2D eigenvalue weighted by Crippen LogP contribution is 2.28. The molecule has 1 atom stereocenters. The lowest BCUT2D eigenvalue weighted by Gasteiger charge is -2.22. The highest BCUT2D eigenvalue weighted by molar-refractivity contribution is 9.10. The largest absolute Gasteiger partial charge is 0.481 e. The number of carboxylic acids is 1. The van der Waals surface area contributed by atoms with Crippen molar-refractivity contribution in [2.24, 2.45) is 0 Å². The Balaban J connectivity index is 1.57. The number of carbonyl (C=O) groups is 2. The van der Waals surface area contributed by atoms with E-state index in [-0.39, 0.29) is 24.8 Å². The van der Waals surface area contributed by atoms with Gasteiger partial charge in [-0.15, -0.1) is 0 Å². The molecule has 1 heterocycles. The van der Waals surface area contributed by atoms with Crippen molar-refractivity contribution >= 4 is 38.7 Å². The second kappa shape index (κ2) is 10.0. The van der Waals surface area contributed by atoms with Crippen molar-refractivity contribution in [3.63, 3.8) is 0 Å². The third-order valence-electron chi connectivity index (χ3n) is 5.79. The van der Waals surface area contributed by atoms with Crippen LogP contribution in [0.1, 0.15) is 40.3 Å². The van der Waals surface area contributed by atoms with Crippen LogP contribution in [0, 0.1) is 6.92 Å². The van der Waals surface area contributed by atoms with Crippen molar-refractivity contribution in [2.75, 3.05) is 0 Å². The number of benzene rings is 3. The van der Waals surface area contributed by atoms with Crippen molar-refractivity contribution in [3.05, 3.63) is 105 Å². The average Bonchev–Trinajstić information content (AvgIpc) is 3.19. The number of amides is 1. The molecule has 0 aliphatic carbocycles. The van der Waals surface area contributed by atoms with Crippen molar-refractivity contribution in [1.29, 1.82) is 0 Å². The van der Waals surface area contributed by atoms with E-state index in [1.54, 1.807) is 0 Å². The van der Waals surface area contributed by atoms with E-state index in [9.17, 15) is 9.59 Å². The molecule has 1 amide bonds. The fourth-order valence-corrected chi connectivity index (χ4v) is 4.61. The molecular weight excluding hydrogens is 480 g/mol. The topological polar surface area (TPSA) is 82.2 Å². The third-order valence-corrected chi connectivity index (χ3v) is 6.28.